The van der Waals surface area contributed by atoms with Gasteiger partial charge in [0.05, 0.1) is 16.3 Å². The standard InChI is InChI=1S/C15H26N2OS/c1-14(2,3)12-10-19-13(17-12)9-11(16)15(18-4)7-5-6-8-15/h10-11H,5-9,16H2,1-4H3. The van der Waals surface area contributed by atoms with Crippen molar-refractivity contribution in [3.63, 3.8) is 0 Å². The van der Waals surface area contributed by atoms with Gasteiger partial charge in [-0.2, -0.15) is 0 Å². The van der Waals surface area contributed by atoms with E-state index in [0.717, 1.165) is 30.0 Å². The fourth-order valence-corrected chi connectivity index (χ4v) is 3.90. The van der Waals surface area contributed by atoms with E-state index in [9.17, 15) is 0 Å². The highest BCUT2D eigenvalue weighted by molar-refractivity contribution is 7.09. The van der Waals surface area contributed by atoms with Crippen LogP contribution in [0.1, 0.15) is 57.2 Å². The third-order valence-electron chi connectivity index (χ3n) is 4.25. The number of nitrogens with zero attached hydrogens (tertiary/aromatic N) is 1. The summed E-state index contributed by atoms with van der Waals surface area (Å²) in [5.41, 5.74) is 7.58. The van der Waals surface area contributed by atoms with Crippen LogP contribution in [-0.2, 0) is 16.6 Å². The molecular weight excluding hydrogens is 256 g/mol. The van der Waals surface area contributed by atoms with Crippen molar-refractivity contribution in [2.45, 2.75) is 69.9 Å². The van der Waals surface area contributed by atoms with E-state index in [2.05, 4.69) is 26.2 Å². The molecule has 108 valence electrons. The molecule has 0 bridgehead atoms. The molecule has 2 rings (SSSR count). The van der Waals surface area contributed by atoms with E-state index in [0.29, 0.717) is 0 Å². The molecular formula is C15H26N2OS. The Balaban J connectivity index is 2.06. The second-order valence-electron chi connectivity index (χ2n) is 6.66. The summed E-state index contributed by atoms with van der Waals surface area (Å²) in [5.74, 6) is 0. The number of thiazole rings is 1. The first kappa shape index (κ1) is 14.9. The first-order chi connectivity index (χ1) is 8.87. The minimum Gasteiger partial charge on any atom is -0.377 e. The molecule has 0 spiro atoms. The zero-order valence-electron chi connectivity index (χ0n) is 12.5. The number of ether oxygens (including phenoxy) is 1. The van der Waals surface area contributed by atoms with E-state index in [4.69, 9.17) is 15.5 Å². The lowest BCUT2D eigenvalue weighted by Crippen LogP contribution is -2.48. The smallest absolute Gasteiger partial charge is 0.0945 e. The first-order valence-corrected chi connectivity index (χ1v) is 8.01. The molecule has 1 fully saturated rings. The quantitative estimate of drug-likeness (QED) is 0.922. The Labute approximate surface area is 120 Å². The molecule has 1 aliphatic rings. The maximum Gasteiger partial charge on any atom is 0.0945 e. The molecule has 3 nitrogen and oxygen atoms in total. The van der Waals surface area contributed by atoms with Crippen molar-refractivity contribution in [3.05, 3.63) is 16.1 Å². The lowest BCUT2D eigenvalue weighted by atomic mass is 9.90. The molecule has 2 N–H and O–H groups in total. The minimum atomic E-state index is -0.117. The topological polar surface area (TPSA) is 48.1 Å². The summed E-state index contributed by atoms with van der Waals surface area (Å²) in [6, 6.07) is 0.0546. The molecule has 1 unspecified atom stereocenters. The van der Waals surface area contributed by atoms with Gasteiger partial charge in [-0.25, -0.2) is 4.98 Å². The van der Waals surface area contributed by atoms with Crippen LogP contribution in [-0.4, -0.2) is 23.7 Å². The van der Waals surface area contributed by atoms with Crippen molar-refractivity contribution in [1.29, 1.82) is 0 Å². The van der Waals surface area contributed by atoms with E-state index < -0.39 is 0 Å². The third-order valence-corrected chi connectivity index (χ3v) is 5.12. The first-order valence-electron chi connectivity index (χ1n) is 7.13. The number of methoxy groups -OCH3 is 1. The molecule has 0 radical (unpaired) electrons. The van der Waals surface area contributed by atoms with Gasteiger partial charge in [-0.3, -0.25) is 0 Å². The molecule has 4 heteroatoms. The Morgan fingerprint density at radius 3 is 2.53 bits per heavy atom. The van der Waals surface area contributed by atoms with Crippen LogP contribution in [0.25, 0.3) is 0 Å². The summed E-state index contributed by atoms with van der Waals surface area (Å²) in [5, 5.41) is 3.30. The molecule has 1 heterocycles. The lowest BCUT2D eigenvalue weighted by Gasteiger charge is -2.33. The van der Waals surface area contributed by atoms with Gasteiger partial charge in [0, 0.05) is 30.4 Å². The van der Waals surface area contributed by atoms with E-state index in [1.165, 1.54) is 12.8 Å². The van der Waals surface area contributed by atoms with E-state index in [1.807, 2.05) is 0 Å². The molecule has 0 saturated heterocycles. The van der Waals surface area contributed by atoms with Gasteiger partial charge in [0.25, 0.3) is 0 Å². The Bertz CT molecular complexity index is 416. The molecule has 1 aromatic heterocycles. The van der Waals surface area contributed by atoms with Crippen molar-refractivity contribution in [2.24, 2.45) is 5.73 Å². The monoisotopic (exact) mass is 282 g/mol. The largest absolute Gasteiger partial charge is 0.377 e. The molecule has 1 saturated carbocycles. The van der Waals surface area contributed by atoms with Crippen LogP contribution in [0, 0.1) is 0 Å². The van der Waals surface area contributed by atoms with Crippen LogP contribution in [0.15, 0.2) is 5.38 Å². The SMILES string of the molecule is COC1(C(N)Cc2nc(C(C)(C)C)cs2)CCCC1. The van der Waals surface area contributed by atoms with Crippen LogP contribution in [0.3, 0.4) is 0 Å². The maximum absolute atomic E-state index is 6.42. The average Bonchev–Trinajstić information content (AvgIpc) is 2.96. The van der Waals surface area contributed by atoms with Crippen LogP contribution in [0.4, 0.5) is 0 Å². The Hall–Kier alpha value is -0.450. The normalized spacial score (nSPS) is 20.7. The zero-order valence-corrected chi connectivity index (χ0v) is 13.3. The van der Waals surface area contributed by atoms with Crippen LogP contribution < -0.4 is 5.73 Å². The van der Waals surface area contributed by atoms with Crippen LogP contribution >= 0.6 is 11.3 Å². The Morgan fingerprint density at radius 2 is 2.05 bits per heavy atom. The van der Waals surface area contributed by atoms with Crippen molar-refractivity contribution >= 4 is 11.3 Å². The minimum absolute atomic E-state index is 0.0546. The third kappa shape index (κ3) is 3.18. The average molecular weight is 282 g/mol. The Kier molecular flexibility index (Phi) is 4.33. The Morgan fingerprint density at radius 1 is 1.42 bits per heavy atom. The second kappa shape index (κ2) is 5.51. The number of rotatable bonds is 4. The van der Waals surface area contributed by atoms with Crippen LogP contribution in [0.5, 0.6) is 0 Å². The molecule has 1 atom stereocenters. The van der Waals surface area contributed by atoms with Gasteiger partial charge in [0.15, 0.2) is 0 Å². The van der Waals surface area contributed by atoms with Gasteiger partial charge in [0.2, 0.25) is 0 Å². The van der Waals surface area contributed by atoms with Crippen LogP contribution in [0.2, 0.25) is 0 Å². The summed E-state index contributed by atoms with van der Waals surface area (Å²) in [6.07, 6.45) is 5.46. The lowest BCUT2D eigenvalue weighted by molar-refractivity contribution is -0.0253. The number of nitrogens with two attached hydrogens (primary N) is 1. The zero-order chi connectivity index (χ0) is 14.1. The van der Waals surface area contributed by atoms with Crippen molar-refractivity contribution in [3.8, 4) is 0 Å². The fourth-order valence-electron chi connectivity index (χ4n) is 2.82. The second-order valence-corrected chi connectivity index (χ2v) is 7.61. The summed E-state index contributed by atoms with van der Waals surface area (Å²) in [4.78, 5) is 4.74. The highest BCUT2D eigenvalue weighted by Gasteiger charge is 2.40. The van der Waals surface area contributed by atoms with Crippen molar-refractivity contribution < 1.29 is 4.74 Å². The van der Waals surface area contributed by atoms with Crippen molar-refractivity contribution in [1.82, 2.24) is 4.98 Å². The summed E-state index contributed by atoms with van der Waals surface area (Å²) in [7, 11) is 1.80. The van der Waals surface area contributed by atoms with E-state index >= 15 is 0 Å². The highest BCUT2D eigenvalue weighted by Crippen LogP contribution is 2.36. The van der Waals surface area contributed by atoms with Gasteiger partial charge in [0.1, 0.15) is 0 Å². The molecule has 0 amide bonds. The van der Waals surface area contributed by atoms with E-state index in [-0.39, 0.29) is 17.1 Å². The van der Waals surface area contributed by atoms with Gasteiger partial charge >= 0.3 is 0 Å². The number of hydrogen-bond acceptors (Lipinski definition) is 4. The predicted octanol–water partition coefficient (Wildman–Crippen LogP) is 3.27. The number of aromatic nitrogens is 1. The van der Waals surface area contributed by atoms with Gasteiger partial charge in [-0.15, -0.1) is 11.3 Å². The maximum atomic E-state index is 6.42. The number of hydrogen-bond donors (Lipinski definition) is 1. The highest BCUT2D eigenvalue weighted by atomic mass is 32.1. The predicted molar refractivity (Wildman–Crippen MR) is 80.7 cm³/mol. The van der Waals surface area contributed by atoms with Gasteiger partial charge in [-0.05, 0) is 12.8 Å². The van der Waals surface area contributed by atoms with Gasteiger partial charge < -0.3 is 10.5 Å². The molecule has 19 heavy (non-hydrogen) atoms. The molecule has 0 aromatic carbocycles. The molecule has 1 aromatic rings. The van der Waals surface area contributed by atoms with Gasteiger partial charge in [-0.1, -0.05) is 33.6 Å². The van der Waals surface area contributed by atoms with Crippen molar-refractivity contribution in [2.75, 3.05) is 7.11 Å². The fraction of sp³-hybridized carbons (Fsp3) is 0.800. The summed E-state index contributed by atoms with van der Waals surface area (Å²) >= 11 is 1.73. The molecule has 0 aliphatic heterocycles. The summed E-state index contributed by atoms with van der Waals surface area (Å²) < 4.78 is 5.76. The van der Waals surface area contributed by atoms with E-state index in [1.54, 1.807) is 18.4 Å². The molecule has 1 aliphatic carbocycles. The summed E-state index contributed by atoms with van der Waals surface area (Å²) in [6.45, 7) is 6.58.